The molecule has 0 aliphatic rings. The molecule has 2 aromatic heterocycles. The predicted octanol–water partition coefficient (Wildman–Crippen LogP) is 3.76. The highest BCUT2D eigenvalue weighted by Gasteiger charge is 2.19. The van der Waals surface area contributed by atoms with Crippen molar-refractivity contribution in [2.75, 3.05) is 5.32 Å². The van der Waals surface area contributed by atoms with Crippen LogP contribution in [0, 0.1) is 20.8 Å². The van der Waals surface area contributed by atoms with Gasteiger partial charge in [0, 0.05) is 16.4 Å². The number of nitrogens with zero attached hydrogens (tertiary/aromatic N) is 3. The summed E-state index contributed by atoms with van der Waals surface area (Å²) in [7, 11) is 0. The van der Waals surface area contributed by atoms with Crippen LogP contribution in [0.4, 0.5) is 5.69 Å². The lowest BCUT2D eigenvalue weighted by Crippen LogP contribution is -2.42. The number of fused-ring (bicyclic) bond motifs is 1. The molecule has 0 spiro atoms. The van der Waals surface area contributed by atoms with Crippen LogP contribution >= 0.6 is 11.6 Å². The Morgan fingerprint density at radius 1 is 1.00 bits per heavy atom. The Morgan fingerprint density at radius 3 is 2.44 bits per heavy atom. The Balaban J connectivity index is 1.88. The Kier molecular flexibility index (Phi) is 5.67. The van der Waals surface area contributed by atoms with E-state index in [1.54, 1.807) is 62.4 Å². The number of para-hydroxylation sites is 1. The molecule has 8 heteroatoms. The summed E-state index contributed by atoms with van der Waals surface area (Å²) in [5, 5.41) is 3.50. The zero-order valence-electron chi connectivity index (χ0n) is 17.8. The highest BCUT2D eigenvalue weighted by atomic mass is 35.5. The second-order valence-electron chi connectivity index (χ2n) is 7.63. The minimum atomic E-state index is -0.635. The van der Waals surface area contributed by atoms with Gasteiger partial charge in [0.25, 0.3) is 5.56 Å². The van der Waals surface area contributed by atoms with Crippen molar-refractivity contribution in [1.29, 1.82) is 0 Å². The molecule has 0 radical (unpaired) electrons. The molecule has 162 valence electrons. The summed E-state index contributed by atoms with van der Waals surface area (Å²) in [4.78, 5) is 44.0. The third-order valence-corrected chi connectivity index (χ3v) is 5.44. The number of pyridine rings is 1. The van der Waals surface area contributed by atoms with Gasteiger partial charge < -0.3 is 5.32 Å². The van der Waals surface area contributed by atoms with Crippen LogP contribution in [0.2, 0.25) is 5.02 Å². The molecular weight excluding hydrogens is 428 g/mol. The smallest absolute Gasteiger partial charge is 0.324 e. The van der Waals surface area contributed by atoms with Crippen LogP contribution in [0.15, 0.2) is 64.2 Å². The average molecular weight is 449 g/mol. The highest BCUT2D eigenvalue weighted by Crippen LogP contribution is 2.20. The lowest BCUT2D eigenvalue weighted by molar-refractivity contribution is -0.116. The maximum atomic E-state index is 13.4. The summed E-state index contributed by atoms with van der Waals surface area (Å²) in [5.41, 5.74) is 2.33. The summed E-state index contributed by atoms with van der Waals surface area (Å²) < 4.78 is 2.31. The molecule has 0 aliphatic carbocycles. The topological polar surface area (TPSA) is 86.0 Å². The molecule has 0 aliphatic heterocycles. The van der Waals surface area contributed by atoms with E-state index < -0.39 is 23.7 Å². The van der Waals surface area contributed by atoms with E-state index in [2.05, 4.69) is 10.3 Å². The minimum Gasteiger partial charge on any atom is -0.324 e. The zero-order chi connectivity index (χ0) is 23.0. The van der Waals surface area contributed by atoms with Gasteiger partial charge in [0.2, 0.25) is 5.91 Å². The summed E-state index contributed by atoms with van der Waals surface area (Å²) in [6, 6.07) is 15.8. The van der Waals surface area contributed by atoms with Gasteiger partial charge in [0.15, 0.2) is 5.65 Å². The molecule has 0 fully saturated rings. The van der Waals surface area contributed by atoms with E-state index in [9.17, 15) is 14.4 Å². The van der Waals surface area contributed by atoms with Crippen LogP contribution in [0.5, 0.6) is 0 Å². The van der Waals surface area contributed by atoms with E-state index in [1.807, 2.05) is 13.0 Å². The predicted molar refractivity (Wildman–Crippen MR) is 126 cm³/mol. The maximum Gasteiger partial charge on any atom is 0.337 e. The first-order valence-corrected chi connectivity index (χ1v) is 10.4. The minimum absolute atomic E-state index is 0.269. The van der Waals surface area contributed by atoms with Gasteiger partial charge in [-0.2, -0.15) is 0 Å². The standard InChI is InChI=1S/C24H21ClN4O3/c1-14-9-10-17(25)12-19(14)27-20(30)13-28-23(31)21-15(2)11-16(3)26-22(21)29(24(28)32)18-7-5-4-6-8-18/h4-12H,13H2,1-3H3,(H,27,30). The van der Waals surface area contributed by atoms with Crippen LogP contribution in [0.1, 0.15) is 16.8 Å². The van der Waals surface area contributed by atoms with E-state index in [1.165, 1.54) is 4.57 Å². The van der Waals surface area contributed by atoms with Crippen molar-refractivity contribution < 1.29 is 4.79 Å². The van der Waals surface area contributed by atoms with Crippen molar-refractivity contribution in [2.24, 2.45) is 0 Å². The molecule has 4 aromatic rings. The fourth-order valence-corrected chi connectivity index (χ4v) is 3.86. The van der Waals surface area contributed by atoms with Gasteiger partial charge in [-0.1, -0.05) is 35.9 Å². The molecule has 2 heterocycles. The molecule has 1 N–H and O–H groups in total. The van der Waals surface area contributed by atoms with Gasteiger partial charge in [-0.15, -0.1) is 0 Å². The number of halogens is 1. The van der Waals surface area contributed by atoms with Gasteiger partial charge in [-0.05, 0) is 62.2 Å². The highest BCUT2D eigenvalue weighted by molar-refractivity contribution is 6.31. The number of carbonyl (C=O) groups excluding carboxylic acids is 1. The van der Waals surface area contributed by atoms with Crippen molar-refractivity contribution in [1.82, 2.24) is 14.1 Å². The number of hydrogen-bond donors (Lipinski definition) is 1. The third kappa shape index (κ3) is 3.94. The van der Waals surface area contributed by atoms with Crippen molar-refractivity contribution in [2.45, 2.75) is 27.3 Å². The van der Waals surface area contributed by atoms with E-state index in [4.69, 9.17) is 11.6 Å². The number of hydrogen-bond acceptors (Lipinski definition) is 4. The molecule has 32 heavy (non-hydrogen) atoms. The molecule has 0 atom stereocenters. The van der Waals surface area contributed by atoms with Gasteiger partial charge in [0.05, 0.1) is 11.1 Å². The van der Waals surface area contributed by atoms with Crippen LogP contribution in [-0.2, 0) is 11.3 Å². The fraction of sp³-hybridized carbons (Fsp3) is 0.167. The molecule has 7 nitrogen and oxygen atoms in total. The van der Waals surface area contributed by atoms with E-state index in [-0.39, 0.29) is 5.65 Å². The Labute approximate surface area is 188 Å². The molecule has 1 amide bonds. The number of benzene rings is 2. The third-order valence-electron chi connectivity index (χ3n) is 5.21. The second-order valence-corrected chi connectivity index (χ2v) is 8.07. The number of amides is 1. The SMILES string of the molecule is Cc1cc(C)c2c(=O)n(CC(=O)Nc3cc(Cl)ccc3C)c(=O)n(-c3ccccc3)c2n1. The zero-order valence-corrected chi connectivity index (χ0v) is 18.6. The van der Waals surface area contributed by atoms with Gasteiger partial charge in [-0.3, -0.25) is 9.59 Å². The first kappa shape index (κ1) is 21.5. The van der Waals surface area contributed by atoms with Gasteiger partial charge in [-0.25, -0.2) is 18.9 Å². The lowest BCUT2D eigenvalue weighted by atomic mass is 10.1. The molecule has 0 saturated heterocycles. The molecular formula is C24H21ClN4O3. The Hall–Kier alpha value is -3.71. The number of carbonyl (C=O) groups is 1. The van der Waals surface area contributed by atoms with Crippen LogP contribution in [0.3, 0.4) is 0 Å². The molecule has 0 bridgehead atoms. The number of aromatic nitrogens is 3. The van der Waals surface area contributed by atoms with E-state index in [0.29, 0.717) is 33.0 Å². The van der Waals surface area contributed by atoms with Crippen molar-refractivity contribution in [3.05, 3.63) is 97.3 Å². The second kappa shape index (κ2) is 8.43. The fourth-order valence-electron chi connectivity index (χ4n) is 3.69. The summed E-state index contributed by atoms with van der Waals surface area (Å²) in [6.07, 6.45) is 0. The van der Waals surface area contributed by atoms with Crippen LogP contribution in [0.25, 0.3) is 16.7 Å². The lowest BCUT2D eigenvalue weighted by Gasteiger charge is -2.15. The maximum absolute atomic E-state index is 13.4. The van der Waals surface area contributed by atoms with Gasteiger partial charge in [0.1, 0.15) is 6.54 Å². The molecule has 4 rings (SSSR count). The van der Waals surface area contributed by atoms with Crippen LogP contribution in [-0.4, -0.2) is 20.0 Å². The largest absolute Gasteiger partial charge is 0.337 e. The Morgan fingerprint density at radius 2 is 1.72 bits per heavy atom. The van der Waals surface area contributed by atoms with Gasteiger partial charge >= 0.3 is 5.69 Å². The van der Waals surface area contributed by atoms with Crippen LogP contribution < -0.4 is 16.6 Å². The van der Waals surface area contributed by atoms with Crippen molar-refractivity contribution in [3.63, 3.8) is 0 Å². The summed E-state index contributed by atoms with van der Waals surface area (Å²) >= 11 is 6.03. The van der Waals surface area contributed by atoms with E-state index in [0.717, 1.165) is 10.1 Å². The normalized spacial score (nSPS) is 11.0. The molecule has 0 saturated carbocycles. The van der Waals surface area contributed by atoms with Crippen molar-refractivity contribution >= 4 is 34.2 Å². The number of anilines is 1. The molecule has 2 aromatic carbocycles. The number of aryl methyl sites for hydroxylation is 3. The summed E-state index contributed by atoms with van der Waals surface area (Å²) in [6.45, 7) is 4.98. The van der Waals surface area contributed by atoms with E-state index >= 15 is 0 Å². The molecule has 0 unspecified atom stereocenters. The quantitative estimate of drug-likeness (QED) is 0.515. The average Bonchev–Trinajstić information content (AvgIpc) is 2.74. The summed E-state index contributed by atoms with van der Waals surface area (Å²) in [5.74, 6) is -0.508. The van der Waals surface area contributed by atoms with Crippen molar-refractivity contribution in [3.8, 4) is 5.69 Å². The number of rotatable bonds is 4. The first-order valence-electron chi connectivity index (χ1n) is 10.0. The monoisotopic (exact) mass is 448 g/mol. The first-order chi connectivity index (χ1) is 15.3. The number of nitrogens with one attached hydrogen (secondary N) is 1. The Bertz CT molecular complexity index is 1470.